The van der Waals surface area contributed by atoms with Crippen molar-refractivity contribution in [3.63, 3.8) is 0 Å². The maximum atomic E-state index is 12.5. The minimum Gasteiger partial charge on any atom is -0.464 e. The molecular weight excluding hydrogens is 282 g/mol. The number of hydrogen-bond donors (Lipinski definition) is 1. The van der Waals surface area contributed by atoms with Crippen molar-refractivity contribution in [1.29, 1.82) is 0 Å². The van der Waals surface area contributed by atoms with Gasteiger partial charge in [0.2, 0.25) is 0 Å². The van der Waals surface area contributed by atoms with Crippen molar-refractivity contribution in [2.75, 3.05) is 6.54 Å². The van der Waals surface area contributed by atoms with E-state index in [0.29, 0.717) is 0 Å². The van der Waals surface area contributed by atoms with E-state index in [2.05, 4.69) is 10.5 Å². The van der Waals surface area contributed by atoms with E-state index in [1.54, 1.807) is 0 Å². The topological polar surface area (TPSA) is 71.5 Å². The Kier molecular flexibility index (Phi) is 3.92. The first-order valence-electron chi connectivity index (χ1n) is 7.61. The van der Waals surface area contributed by atoms with Gasteiger partial charge in [-0.15, -0.1) is 0 Å². The van der Waals surface area contributed by atoms with E-state index in [1.807, 2.05) is 43.9 Å². The molecule has 118 valence electrons. The van der Waals surface area contributed by atoms with Gasteiger partial charge in [0, 0.05) is 12.6 Å². The van der Waals surface area contributed by atoms with Crippen LogP contribution in [0.5, 0.6) is 0 Å². The molecule has 0 unspecified atom stereocenters. The first-order valence-corrected chi connectivity index (χ1v) is 7.61. The normalized spacial score (nSPS) is 19.4. The van der Waals surface area contributed by atoms with Gasteiger partial charge in [0.15, 0.2) is 5.76 Å². The summed E-state index contributed by atoms with van der Waals surface area (Å²) in [6, 6.07) is 5.38. The maximum Gasteiger partial charge on any atom is 0.318 e. The van der Waals surface area contributed by atoms with Gasteiger partial charge < -0.3 is 19.2 Å². The molecule has 22 heavy (non-hydrogen) atoms. The lowest BCUT2D eigenvalue weighted by Crippen LogP contribution is -2.40. The van der Waals surface area contributed by atoms with Gasteiger partial charge in [0.1, 0.15) is 11.5 Å². The number of likely N-dealkylation sites (tertiary alicyclic amines) is 1. The molecule has 1 aliphatic rings. The Morgan fingerprint density at radius 1 is 1.45 bits per heavy atom. The average Bonchev–Trinajstić information content (AvgIpc) is 3.17. The van der Waals surface area contributed by atoms with Crippen LogP contribution in [-0.2, 0) is 0 Å². The molecule has 6 heteroatoms. The quantitative estimate of drug-likeness (QED) is 0.942. The second-order valence-electron chi connectivity index (χ2n) is 5.84. The highest BCUT2D eigenvalue weighted by molar-refractivity contribution is 5.75. The Bertz CT molecular complexity index is 661. The summed E-state index contributed by atoms with van der Waals surface area (Å²) >= 11 is 0. The molecule has 3 rings (SSSR count). The lowest BCUT2D eigenvalue weighted by Gasteiger charge is -2.24. The highest BCUT2D eigenvalue weighted by atomic mass is 16.5. The number of rotatable bonds is 3. The summed E-state index contributed by atoms with van der Waals surface area (Å²) in [5.41, 5.74) is 0.835. The van der Waals surface area contributed by atoms with Crippen LogP contribution in [-0.4, -0.2) is 22.6 Å². The Hall–Kier alpha value is -2.24. The van der Waals surface area contributed by atoms with Gasteiger partial charge in [-0.05, 0) is 45.7 Å². The molecule has 0 saturated carbocycles. The van der Waals surface area contributed by atoms with Crippen LogP contribution in [0.25, 0.3) is 0 Å². The largest absolute Gasteiger partial charge is 0.464 e. The predicted molar refractivity (Wildman–Crippen MR) is 80.3 cm³/mol. The number of amides is 2. The van der Waals surface area contributed by atoms with Crippen molar-refractivity contribution in [3.8, 4) is 0 Å². The van der Waals surface area contributed by atoms with Crippen LogP contribution in [0, 0.1) is 13.8 Å². The predicted octanol–water partition coefficient (Wildman–Crippen LogP) is 3.49. The van der Waals surface area contributed by atoms with Crippen molar-refractivity contribution in [2.24, 2.45) is 0 Å². The van der Waals surface area contributed by atoms with Crippen LogP contribution in [0.1, 0.15) is 54.8 Å². The summed E-state index contributed by atoms with van der Waals surface area (Å²) in [7, 11) is 0. The maximum absolute atomic E-state index is 12.5. The third-order valence-electron chi connectivity index (χ3n) is 4.02. The fourth-order valence-corrected chi connectivity index (χ4v) is 2.87. The summed E-state index contributed by atoms with van der Waals surface area (Å²) in [6.07, 6.45) is 1.86. The van der Waals surface area contributed by atoms with Crippen LogP contribution in [0.4, 0.5) is 4.79 Å². The summed E-state index contributed by atoms with van der Waals surface area (Å²) in [4.78, 5) is 14.3. The first kappa shape index (κ1) is 14.7. The summed E-state index contributed by atoms with van der Waals surface area (Å²) in [6.45, 7) is 6.41. The highest BCUT2D eigenvalue weighted by Gasteiger charge is 2.33. The van der Waals surface area contributed by atoms with Crippen LogP contribution in [0.2, 0.25) is 0 Å². The molecule has 2 aromatic rings. The van der Waals surface area contributed by atoms with Gasteiger partial charge in [0.05, 0.1) is 17.8 Å². The average molecular weight is 303 g/mol. The van der Waals surface area contributed by atoms with E-state index < -0.39 is 0 Å². The molecule has 2 atom stereocenters. The molecule has 2 amide bonds. The van der Waals surface area contributed by atoms with Gasteiger partial charge in [-0.25, -0.2) is 4.79 Å². The Balaban J connectivity index is 1.68. The van der Waals surface area contributed by atoms with Crippen LogP contribution in [0.15, 0.2) is 27.1 Å². The fourth-order valence-electron chi connectivity index (χ4n) is 2.87. The van der Waals surface area contributed by atoms with Gasteiger partial charge >= 0.3 is 6.03 Å². The van der Waals surface area contributed by atoms with E-state index >= 15 is 0 Å². The van der Waals surface area contributed by atoms with Gasteiger partial charge in [0.25, 0.3) is 0 Å². The molecule has 2 aromatic heterocycles. The van der Waals surface area contributed by atoms with E-state index in [9.17, 15) is 4.79 Å². The van der Waals surface area contributed by atoms with Crippen molar-refractivity contribution in [3.05, 3.63) is 41.2 Å². The first-order chi connectivity index (χ1) is 10.5. The number of nitrogens with zero attached hydrogens (tertiary/aromatic N) is 2. The van der Waals surface area contributed by atoms with E-state index in [0.717, 1.165) is 42.4 Å². The van der Waals surface area contributed by atoms with E-state index in [-0.39, 0.29) is 18.1 Å². The fraction of sp³-hybridized carbons (Fsp3) is 0.500. The second kappa shape index (κ2) is 5.87. The number of hydrogen-bond acceptors (Lipinski definition) is 4. The third kappa shape index (κ3) is 2.86. The SMILES string of the molecule is Cc1cc([C@H]2CCCN2C(=O)N[C@@H](C)c2ccc(C)o2)on1. The number of nitrogens with one attached hydrogen (secondary N) is 1. The number of furan rings is 1. The summed E-state index contributed by atoms with van der Waals surface area (Å²) < 4.78 is 10.9. The number of urea groups is 1. The lowest BCUT2D eigenvalue weighted by molar-refractivity contribution is 0.178. The Labute approximate surface area is 129 Å². The second-order valence-corrected chi connectivity index (χ2v) is 5.84. The molecule has 0 radical (unpaired) electrons. The molecule has 3 heterocycles. The van der Waals surface area contributed by atoms with Gasteiger partial charge in [-0.2, -0.15) is 0 Å². The zero-order valence-corrected chi connectivity index (χ0v) is 13.1. The molecule has 0 aromatic carbocycles. The zero-order chi connectivity index (χ0) is 15.7. The standard InChI is InChI=1S/C16H21N3O3/c1-10-9-15(22-18-10)13-5-4-8-19(13)16(20)17-12(3)14-7-6-11(2)21-14/h6-7,9,12-13H,4-5,8H2,1-3H3,(H,17,20)/t12-,13+/m0/s1. The smallest absolute Gasteiger partial charge is 0.318 e. The van der Waals surface area contributed by atoms with Crippen LogP contribution in [0.3, 0.4) is 0 Å². The van der Waals surface area contributed by atoms with Gasteiger partial charge in [-0.1, -0.05) is 5.16 Å². The monoisotopic (exact) mass is 303 g/mol. The van der Waals surface area contributed by atoms with E-state index in [1.165, 1.54) is 0 Å². The number of aromatic nitrogens is 1. The number of carbonyl (C=O) groups excluding carboxylic acids is 1. The van der Waals surface area contributed by atoms with Crippen LogP contribution < -0.4 is 5.32 Å². The zero-order valence-electron chi connectivity index (χ0n) is 13.1. The molecular formula is C16H21N3O3. The van der Waals surface area contributed by atoms with Crippen molar-refractivity contribution in [2.45, 2.75) is 45.7 Å². The van der Waals surface area contributed by atoms with E-state index in [4.69, 9.17) is 8.94 Å². The third-order valence-corrected chi connectivity index (χ3v) is 4.02. The van der Waals surface area contributed by atoms with Crippen molar-refractivity contribution < 1.29 is 13.7 Å². The summed E-state index contributed by atoms with van der Waals surface area (Å²) in [5, 5.41) is 6.91. The van der Waals surface area contributed by atoms with Crippen molar-refractivity contribution >= 4 is 6.03 Å². The van der Waals surface area contributed by atoms with Crippen molar-refractivity contribution in [1.82, 2.24) is 15.4 Å². The molecule has 0 bridgehead atoms. The number of aryl methyl sites for hydroxylation is 2. The lowest BCUT2D eigenvalue weighted by atomic mass is 10.1. The van der Waals surface area contributed by atoms with Gasteiger partial charge in [-0.3, -0.25) is 0 Å². The molecule has 1 saturated heterocycles. The molecule has 6 nitrogen and oxygen atoms in total. The molecule has 0 aliphatic carbocycles. The van der Waals surface area contributed by atoms with Crippen LogP contribution >= 0.6 is 0 Å². The minimum absolute atomic E-state index is 0.0354. The molecule has 0 spiro atoms. The minimum atomic E-state index is -0.168. The molecule has 1 N–H and O–H groups in total. The molecule has 1 fully saturated rings. The Morgan fingerprint density at radius 2 is 2.27 bits per heavy atom. The molecule has 1 aliphatic heterocycles. The Morgan fingerprint density at radius 3 is 2.91 bits per heavy atom. The number of carbonyl (C=O) groups is 1. The summed E-state index contributed by atoms with van der Waals surface area (Å²) in [5.74, 6) is 2.36. The highest BCUT2D eigenvalue weighted by Crippen LogP contribution is 2.32.